The molecular formula is C21H27NO. The van der Waals surface area contributed by atoms with Crippen molar-refractivity contribution in [3.8, 4) is 0 Å². The van der Waals surface area contributed by atoms with Gasteiger partial charge in [-0.15, -0.1) is 0 Å². The summed E-state index contributed by atoms with van der Waals surface area (Å²) in [5.41, 5.74) is 8.62. The maximum atomic E-state index is 11.4. The molecule has 23 heavy (non-hydrogen) atoms. The third kappa shape index (κ3) is 3.17. The molecule has 1 aromatic carbocycles. The van der Waals surface area contributed by atoms with Crippen LogP contribution in [0.4, 0.5) is 5.69 Å². The van der Waals surface area contributed by atoms with E-state index in [9.17, 15) is 4.79 Å². The zero-order valence-corrected chi connectivity index (χ0v) is 15.3. The molecule has 0 saturated carbocycles. The van der Waals surface area contributed by atoms with Gasteiger partial charge in [0, 0.05) is 18.0 Å². The molecule has 1 aliphatic carbocycles. The molecule has 2 heteroatoms. The molecular weight excluding hydrogens is 282 g/mol. The highest BCUT2D eigenvalue weighted by molar-refractivity contribution is 5.91. The highest BCUT2D eigenvalue weighted by atomic mass is 16.1. The number of hydrogen-bond donors (Lipinski definition) is 1. The summed E-state index contributed by atoms with van der Waals surface area (Å²) in [6.07, 6.45) is 4.40. The summed E-state index contributed by atoms with van der Waals surface area (Å²) in [6.45, 7) is 14.7. The maximum absolute atomic E-state index is 11.4. The minimum Gasteiger partial charge on any atom is -0.326 e. The summed E-state index contributed by atoms with van der Waals surface area (Å²) in [6, 6.07) is 6.09. The van der Waals surface area contributed by atoms with Gasteiger partial charge in [-0.25, -0.2) is 0 Å². The summed E-state index contributed by atoms with van der Waals surface area (Å²) >= 11 is 0. The predicted octanol–water partition coefficient (Wildman–Crippen LogP) is 5.66. The van der Waals surface area contributed by atoms with E-state index in [1.165, 1.54) is 34.8 Å². The molecule has 1 amide bonds. The van der Waals surface area contributed by atoms with Crippen LogP contribution < -0.4 is 5.32 Å². The molecule has 0 radical (unpaired) electrons. The van der Waals surface area contributed by atoms with Crippen LogP contribution in [0.1, 0.15) is 52.7 Å². The fraction of sp³-hybridized carbons (Fsp3) is 0.381. The molecule has 1 N–H and O–H groups in total. The Kier molecular flexibility index (Phi) is 4.65. The lowest BCUT2D eigenvalue weighted by Gasteiger charge is -2.25. The number of allylic oxidation sites excluding steroid dienone is 5. The normalized spacial score (nSPS) is 17.3. The molecule has 122 valence electrons. The monoisotopic (exact) mass is 309 g/mol. The third-order valence-electron chi connectivity index (χ3n) is 5.36. The molecule has 2 rings (SSSR count). The van der Waals surface area contributed by atoms with Gasteiger partial charge in [-0.3, -0.25) is 4.79 Å². The van der Waals surface area contributed by atoms with Crippen molar-refractivity contribution in [2.24, 2.45) is 5.41 Å². The second-order valence-corrected chi connectivity index (χ2v) is 6.81. The number of carbonyl (C=O) groups excluding carboxylic acids is 1. The Balaban J connectivity index is 2.45. The van der Waals surface area contributed by atoms with Crippen molar-refractivity contribution in [3.63, 3.8) is 0 Å². The smallest absolute Gasteiger partial charge is 0.221 e. The third-order valence-corrected chi connectivity index (χ3v) is 5.36. The number of hydrogen-bond acceptors (Lipinski definition) is 1. The first-order chi connectivity index (χ1) is 10.7. The van der Waals surface area contributed by atoms with Crippen molar-refractivity contribution in [1.29, 1.82) is 0 Å². The number of carbonyl (C=O) groups is 1. The fourth-order valence-electron chi connectivity index (χ4n) is 3.25. The summed E-state index contributed by atoms with van der Waals surface area (Å²) < 4.78 is 0. The number of anilines is 1. The summed E-state index contributed by atoms with van der Waals surface area (Å²) in [5, 5.41) is 2.91. The Bertz CT molecular complexity index is 723. The molecule has 0 saturated heterocycles. The first-order valence-corrected chi connectivity index (χ1v) is 8.10. The predicted molar refractivity (Wildman–Crippen MR) is 99.4 cm³/mol. The van der Waals surface area contributed by atoms with E-state index in [-0.39, 0.29) is 11.3 Å². The van der Waals surface area contributed by atoms with Gasteiger partial charge in [-0.1, -0.05) is 34.9 Å². The Morgan fingerprint density at radius 3 is 2.13 bits per heavy atom. The Labute approximate surface area is 140 Å². The fourth-order valence-corrected chi connectivity index (χ4v) is 3.25. The Morgan fingerprint density at radius 2 is 1.61 bits per heavy atom. The number of rotatable bonds is 3. The maximum Gasteiger partial charge on any atom is 0.221 e. The highest BCUT2D eigenvalue weighted by Crippen LogP contribution is 2.47. The van der Waals surface area contributed by atoms with Crippen molar-refractivity contribution in [2.45, 2.75) is 48.5 Å². The van der Waals surface area contributed by atoms with E-state index in [4.69, 9.17) is 0 Å². The van der Waals surface area contributed by atoms with Crippen molar-refractivity contribution in [1.82, 2.24) is 0 Å². The Hall–Kier alpha value is -2.09. The quantitative estimate of drug-likeness (QED) is 0.767. The van der Waals surface area contributed by atoms with E-state index in [0.29, 0.717) is 0 Å². The largest absolute Gasteiger partial charge is 0.326 e. The highest BCUT2D eigenvalue weighted by Gasteiger charge is 2.33. The minimum atomic E-state index is -0.0502. The molecule has 0 unspecified atom stereocenters. The van der Waals surface area contributed by atoms with Crippen LogP contribution in [-0.2, 0) is 4.79 Å². The van der Waals surface area contributed by atoms with Crippen LogP contribution in [0.2, 0.25) is 0 Å². The lowest BCUT2D eigenvalue weighted by atomic mass is 9.78. The van der Waals surface area contributed by atoms with E-state index in [1.807, 2.05) is 12.1 Å². The number of nitrogens with one attached hydrogen (secondary N) is 1. The van der Waals surface area contributed by atoms with Gasteiger partial charge < -0.3 is 5.32 Å². The molecule has 1 aromatic rings. The molecule has 0 bridgehead atoms. The van der Waals surface area contributed by atoms with Crippen LogP contribution in [0, 0.1) is 12.3 Å². The molecule has 1 aliphatic rings. The van der Waals surface area contributed by atoms with E-state index in [1.54, 1.807) is 0 Å². The second kappa shape index (κ2) is 6.19. The van der Waals surface area contributed by atoms with Gasteiger partial charge in [-0.2, -0.15) is 0 Å². The zero-order chi connectivity index (χ0) is 17.4. The van der Waals surface area contributed by atoms with Crippen molar-refractivity contribution < 1.29 is 4.79 Å². The van der Waals surface area contributed by atoms with Crippen molar-refractivity contribution >= 4 is 17.7 Å². The van der Waals surface area contributed by atoms with Crippen LogP contribution in [0.5, 0.6) is 0 Å². The average molecular weight is 309 g/mol. The van der Waals surface area contributed by atoms with Gasteiger partial charge in [0.15, 0.2) is 0 Å². The topological polar surface area (TPSA) is 29.1 Å². The second-order valence-electron chi connectivity index (χ2n) is 6.81. The number of benzene rings is 1. The lowest BCUT2D eigenvalue weighted by molar-refractivity contribution is -0.114. The number of aryl methyl sites for hydroxylation is 1. The summed E-state index contributed by atoms with van der Waals surface area (Å²) in [5.74, 6) is -0.0468. The molecule has 0 aliphatic heterocycles. The van der Waals surface area contributed by atoms with Gasteiger partial charge in [0.05, 0.1) is 0 Å². The van der Waals surface area contributed by atoms with E-state index in [0.717, 1.165) is 11.3 Å². The molecule has 0 spiro atoms. The van der Waals surface area contributed by atoms with E-state index >= 15 is 0 Å². The van der Waals surface area contributed by atoms with E-state index in [2.05, 4.69) is 65.1 Å². The van der Waals surface area contributed by atoms with Gasteiger partial charge in [0.25, 0.3) is 0 Å². The lowest BCUT2D eigenvalue weighted by Crippen LogP contribution is -2.14. The molecule has 0 atom stereocenters. The van der Waals surface area contributed by atoms with E-state index < -0.39 is 0 Å². The number of amides is 1. The Morgan fingerprint density at radius 1 is 1.04 bits per heavy atom. The standard InChI is InChI=1S/C21H27NO/c1-13-8-9-20(22-18(6)23)19(12-13)10-11-21(7)16(4)14(2)15(3)17(21)5/h8-12H,1-7H3,(H,22,23)/b11-10+. The van der Waals surface area contributed by atoms with Gasteiger partial charge in [0.1, 0.15) is 0 Å². The van der Waals surface area contributed by atoms with Crippen LogP contribution in [-0.4, -0.2) is 5.91 Å². The zero-order valence-electron chi connectivity index (χ0n) is 15.3. The van der Waals surface area contributed by atoms with Crippen molar-refractivity contribution in [3.05, 3.63) is 57.7 Å². The van der Waals surface area contributed by atoms with Crippen molar-refractivity contribution in [2.75, 3.05) is 5.32 Å². The molecule has 0 fully saturated rings. The SMILES string of the molecule is CC(=O)Nc1ccc(C)cc1/C=C/C1(C)C(C)=C(C)C(C)=C1C. The average Bonchev–Trinajstić information content (AvgIpc) is 2.63. The molecule has 0 aromatic heterocycles. The van der Waals surface area contributed by atoms with Crippen LogP contribution in [0.25, 0.3) is 6.08 Å². The molecule has 2 nitrogen and oxygen atoms in total. The minimum absolute atomic E-state index is 0.0468. The first kappa shape index (κ1) is 17.3. The van der Waals surface area contributed by atoms with Gasteiger partial charge >= 0.3 is 0 Å². The van der Waals surface area contributed by atoms with Gasteiger partial charge in [0.2, 0.25) is 5.91 Å². The van der Waals surface area contributed by atoms with Crippen LogP contribution >= 0.6 is 0 Å². The summed E-state index contributed by atoms with van der Waals surface area (Å²) in [7, 11) is 0. The first-order valence-electron chi connectivity index (χ1n) is 8.10. The van der Waals surface area contributed by atoms with Crippen LogP contribution in [0.3, 0.4) is 0 Å². The summed E-state index contributed by atoms with van der Waals surface area (Å²) in [4.78, 5) is 11.4. The van der Waals surface area contributed by atoms with Crippen LogP contribution in [0.15, 0.2) is 46.6 Å². The van der Waals surface area contributed by atoms with Gasteiger partial charge in [-0.05, 0) is 70.4 Å². The molecule has 0 heterocycles.